The van der Waals surface area contributed by atoms with Crippen LogP contribution < -0.4 is 15.8 Å². The van der Waals surface area contributed by atoms with E-state index in [9.17, 15) is 18.0 Å². The van der Waals surface area contributed by atoms with Crippen LogP contribution >= 0.6 is 0 Å². The molecule has 19 heavy (non-hydrogen) atoms. The lowest BCUT2D eigenvalue weighted by atomic mass is 10.1. The second-order valence-electron chi connectivity index (χ2n) is 3.90. The molecule has 0 saturated carbocycles. The van der Waals surface area contributed by atoms with Crippen molar-refractivity contribution < 1.29 is 18.0 Å². The van der Waals surface area contributed by atoms with Gasteiger partial charge >= 0.3 is 0 Å². The van der Waals surface area contributed by atoms with Gasteiger partial charge < -0.3 is 5.73 Å². The van der Waals surface area contributed by atoms with Gasteiger partial charge in [0.2, 0.25) is 27.8 Å². The highest BCUT2D eigenvalue weighted by molar-refractivity contribution is 7.89. The lowest BCUT2D eigenvalue weighted by Gasteiger charge is -2.21. The van der Waals surface area contributed by atoms with Crippen molar-refractivity contribution in [2.45, 2.75) is 23.8 Å². The van der Waals surface area contributed by atoms with Gasteiger partial charge in [-0.1, -0.05) is 0 Å². The zero-order valence-corrected chi connectivity index (χ0v) is 10.5. The molecule has 1 saturated heterocycles. The summed E-state index contributed by atoms with van der Waals surface area (Å²) in [5, 5.41) is 2.06. The summed E-state index contributed by atoms with van der Waals surface area (Å²) in [6.07, 6.45) is 2.27. The number of nitrogen functional groups attached to an aromatic ring is 1. The summed E-state index contributed by atoms with van der Waals surface area (Å²) in [6.45, 7) is 0. The quantitative estimate of drug-likeness (QED) is 0.552. The fourth-order valence-corrected chi connectivity index (χ4v) is 2.64. The second-order valence-corrected chi connectivity index (χ2v) is 5.62. The minimum absolute atomic E-state index is 0.0556. The van der Waals surface area contributed by atoms with Crippen molar-refractivity contribution in [1.82, 2.24) is 20.0 Å². The molecule has 0 aliphatic carbocycles. The van der Waals surface area contributed by atoms with E-state index in [-0.39, 0.29) is 23.7 Å². The first-order chi connectivity index (χ1) is 8.88. The van der Waals surface area contributed by atoms with Crippen LogP contribution in [0.2, 0.25) is 0 Å². The largest absolute Gasteiger partial charge is 0.368 e. The Morgan fingerprint density at radius 3 is 2.53 bits per heavy atom. The van der Waals surface area contributed by atoms with Crippen LogP contribution in [0.15, 0.2) is 17.3 Å². The molecule has 1 atom stereocenters. The number of imide groups is 1. The van der Waals surface area contributed by atoms with Crippen molar-refractivity contribution in [3.8, 4) is 0 Å². The number of nitrogens with one attached hydrogen (secondary N) is 2. The molecule has 0 radical (unpaired) electrons. The summed E-state index contributed by atoms with van der Waals surface area (Å²) in [5.74, 6) is -1.15. The number of hydrogen-bond acceptors (Lipinski definition) is 7. The molecule has 10 heteroatoms. The third-order valence-electron chi connectivity index (χ3n) is 2.50. The molecule has 1 aliphatic heterocycles. The number of amides is 2. The molecule has 2 amide bonds. The van der Waals surface area contributed by atoms with Crippen LogP contribution in [0, 0.1) is 0 Å². The fourth-order valence-electron chi connectivity index (χ4n) is 1.53. The van der Waals surface area contributed by atoms with Crippen LogP contribution in [0.3, 0.4) is 0 Å². The molecule has 4 N–H and O–H groups in total. The lowest BCUT2D eigenvalue weighted by Crippen LogP contribution is -2.52. The third kappa shape index (κ3) is 3.03. The highest BCUT2D eigenvalue weighted by Gasteiger charge is 2.30. The van der Waals surface area contributed by atoms with E-state index >= 15 is 0 Å². The summed E-state index contributed by atoms with van der Waals surface area (Å²) < 4.78 is 26.1. The van der Waals surface area contributed by atoms with Crippen LogP contribution in [0.4, 0.5) is 5.95 Å². The number of carbonyl (C=O) groups excluding carboxylic acids is 2. The van der Waals surface area contributed by atoms with E-state index in [4.69, 9.17) is 5.73 Å². The second kappa shape index (κ2) is 4.90. The topological polar surface area (TPSA) is 144 Å². The predicted molar refractivity (Wildman–Crippen MR) is 62.9 cm³/mol. The number of nitrogens with zero attached hydrogens (tertiary/aromatic N) is 2. The Bertz CT molecular complexity index is 612. The number of carbonyl (C=O) groups is 2. The highest BCUT2D eigenvalue weighted by atomic mass is 32.2. The maximum absolute atomic E-state index is 11.9. The molecule has 0 spiro atoms. The van der Waals surface area contributed by atoms with Gasteiger partial charge in [-0.3, -0.25) is 14.9 Å². The molecule has 2 rings (SSSR count). The number of sulfonamides is 1. The monoisotopic (exact) mass is 285 g/mol. The van der Waals surface area contributed by atoms with Crippen molar-refractivity contribution in [3.05, 3.63) is 12.4 Å². The molecule has 1 aliphatic rings. The van der Waals surface area contributed by atoms with Gasteiger partial charge in [-0.2, -0.15) is 4.72 Å². The van der Waals surface area contributed by atoms with E-state index in [1.807, 2.05) is 0 Å². The van der Waals surface area contributed by atoms with Gasteiger partial charge in [0.1, 0.15) is 10.9 Å². The summed E-state index contributed by atoms with van der Waals surface area (Å²) in [6, 6.07) is -0.986. The van der Waals surface area contributed by atoms with E-state index in [2.05, 4.69) is 20.0 Å². The highest BCUT2D eigenvalue weighted by Crippen LogP contribution is 2.11. The predicted octanol–water partition coefficient (Wildman–Crippen LogP) is -1.86. The molecule has 0 aromatic carbocycles. The van der Waals surface area contributed by atoms with E-state index in [1.54, 1.807) is 0 Å². The molecule has 1 aromatic rings. The maximum atomic E-state index is 11.9. The third-order valence-corrected chi connectivity index (χ3v) is 3.92. The molecular formula is C9H11N5O4S. The first-order valence-corrected chi connectivity index (χ1v) is 6.80. The molecule has 1 unspecified atom stereocenters. The number of hydrogen-bond donors (Lipinski definition) is 3. The molecule has 1 aromatic heterocycles. The smallest absolute Gasteiger partial charge is 0.244 e. The zero-order valence-electron chi connectivity index (χ0n) is 9.66. The number of aromatic nitrogens is 2. The summed E-state index contributed by atoms with van der Waals surface area (Å²) in [5.41, 5.74) is 5.25. The number of rotatable bonds is 3. The van der Waals surface area contributed by atoms with E-state index < -0.39 is 27.9 Å². The van der Waals surface area contributed by atoms with E-state index in [0.29, 0.717) is 0 Å². The van der Waals surface area contributed by atoms with Gasteiger partial charge in [0.05, 0.1) is 12.4 Å². The molecule has 0 bridgehead atoms. The zero-order chi connectivity index (χ0) is 14.0. The van der Waals surface area contributed by atoms with Gasteiger partial charge in [-0.05, 0) is 6.42 Å². The van der Waals surface area contributed by atoms with Crippen molar-refractivity contribution in [1.29, 1.82) is 0 Å². The Morgan fingerprint density at radius 2 is 1.95 bits per heavy atom. The molecule has 1 fully saturated rings. The fraction of sp³-hybridized carbons (Fsp3) is 0.333. The van der Waals surface area contributed by atoms with E-state index in [0.717, 1.165) is 12.4 Å². The normalized spacial score (nSPS) is 20.1. The minimum atomic E-state index is -3.93. The van der Waals surface area contributed by atoms with Gasteiger partial charge in [-0.25, -0.2) is 18.4 Å². The van der Waals surface area contributed by atoms with Gasteiger partial charge in [0.25, 0.3) is 0 Å². The Kier molecular flexibility index (Phi) is 3.44. The van der Waals surface area contributed by atoms with Gasteiger partial charge in [-0.15, -0.1) is 0 Å². The average molecular weight is 285 g/mol. The average Bonchev–Trinajstić information content (AvgIpc) is 2.33. The maximum Gasteiger partial charge on any atom is 0.244 e. The van der Waals surface area contributed by atoms with Crippen LogP contribution in [0.25, 0.3) is 0 Å². The molecule has 9 nitrogen and oxygen atoms in total. The Hall–Kier alpha value is -2.07. The molecule has 102 valence electrons. The standard InChI is InChI=1S/C9H11N5O4S/c10-9-11-3-5(4-12-9)19(17,18)14-6-1-2-7(15)13-8(6)16/h3-4,6,14H,1-2H2,(H2,10,11,12)(H,13,15,16). The molecule has 2 heterocycles. The van der Waals surface area contributed by atoms with E-state index in [1.165, 1.54) is 0 Å². The van der Waals surface area contributed by atoms with Crippen molar-refractivity contribution in [2.24, 2.45) is 0 Å². The van der Waals surface area contributed by atoms with Crippen LogP contribution in [0.5, 0.6) is 0 Å². The lowest BCUT2D eigenvalue weighted by molar-refractivity contribution is -0.134. The Labute approximate surface area is 108 Å². The summed E-state index contributed by atoms with van der Waals surface area (Å²) in [4.78, 5) is 29.3. The minimum Gasteiger partial charge on any atom is -0.368 e. The Morgan fingerprint density at radius 1 is 1.32 bits per heavy atom. The molecular weight excluding hydrogens is 274 g/mol. The number of anilines is 1. The summed E-state index contributed by atoms with van der Waals surface area (Å²) >= 11 is 0. The van der Waals surface area contributed by atoms with Crippen molar-refractivity contribution >= 4 is 27.8 Å². The SMILES string of the molecule is Nc1ncc(S(=O)(=O)NC2CCC(=O)NC2=O)cn1. The van der Waals surface area contributed by atoms with Gasteiger partial charge in [0.15, 0.2) is 0 Å². The first-order valence-electron chi connectivity index (χ1n) is 5.32. The Balaban J connectivity index is 2.15. The van der Waals surface area contributed by atoms with Crippen molar-refractivity contribution in [3.63, 3.8) is 0 Å². The van der Waals surface area contributed by atoms with Gasteiger partial charge in [0, 0.05) is 6.42 Å². The number of nitrogens with two attached hydrogens (primary N) is 1. The van der Waals surface area contributed by atoms with Crippen LogP contribution in [0.1, 0.15) is 12.8 Å². The van der Waals surface area contributed by atoms with Crippen LogP contribution in [-0.4, -0.2) is 36.2 Å². The first kappa shape index (κ1) is 13.4. The van der Waals surface area contributed by atoms with Crippen molar-refractivity contribution in [2.75, 3.05) is 5.73 Å². The van der Waals surface area contributed by atoms with Crippen LogP contribution in [-0.2, 0) is 19.6 Å². The number of piperidine rings is 1. The summed E-state index contributed by atoms with van der Waals surface area (Å²) in [7, 11) is -3.93.